The average Bonchev–Trinajstić information content (AvgIpc) is 2.84. The van der Waals surface area contributed by atoms with Gasteiger partial charge in [-0.25, -0.2) is 5.10 Å². The molecule has 0 saturated carbocycles. The van der Waals surface area contributed by atoms with Crippen LogP contribution in [-0.2, 0) is 0 Å². The molecule has 0 bridgehead atoms. The summed E-state index contributed by atoms with van der Waals surface area (Å²) < 4.78 is 0.607. The van der Waals surface area contributed by atoms with Crippen LogP contribution >= 0.6 is 34.7 Å². The summed E-state index contributed by atoms with van der Waals surface area (Å²) in [6.45, 7) is 0. The van der Waals surface area contributed by atoms with Crippen molar-refractivity contribution in [1.29, 1.82) is 0 Å². The predicted octanol–water partition coefficient (Wildman–Crippen LogP) is 2.08. The summed E-state index contributed by atoms with van der Waals surface area (Å²) in [5.74, 6) is 0.521. The molecule has 0 saturated heterocycles. The number of nitrogen functional groups attached to an aromatic ring is 1. The van der Waals surface area contributed by atoms with Crippen molar-refractivity contribution in [2.24, 2.45) is 0 Å². The fraction of sp³-hybridized carbons (Fsp3) is 0.125. The van der Waals surface area contributed by atoms with Crippen LogP contribution in [0.1, 0.15) is 9.67 Å². The van der Waals surface area contributed by atoms with Gasteiger partial charge in [0.1, 0.15) is 0 Å². The Kier molecular flexibility index (Phi) is 3.47. The number of aromatic nitrogens is 3. The number of hydrogen-bond acceptors (Lipinski definition) is 6. The average molecular weight is 275 g/mol. The van der Waals surface area contributed by atoms with E-state index >= 15 is 0 Å². The summed E-state index contributed by atoms with van der Waals surface area (Å²) in [6.07, 6.45) is 0. The Morgan fingerprint density at radius 3 is 3.00 bits per heavy atom. The Morgan fingerprint density at radius 2 is 2.44 bits per heavy atom. The van der Waals surface area contributed by atoms with Crippen LogP contribution in [0, 0.1) is 0 Å². The van der Waals surface area contributed by atoms with E-state index in [0.717, 1.165) is 0 Å². The summed E-state index contributed by atoms with van der Waals surface area (Å²) in [7, 11) is 0. The quantitative estimate of drug-likeness (QED) is 0.659. The maximum absolute atomic E-state index is 11.7. The number of nitrogens with zero attached hydrogens (tertiary/aromatic N) is 2. The number of carbonyl (C=O) groups is 1. The van der Waals surface area contributed by atoms with Gasteiger partial charge in [-0.15, -0.1) is 16.4 Å². The number of halogens is 1. The van der Waals surface area contributed by atoms with E-state index < -0.39 is 0 Å². The molecule has 0 aliphatic carbocycles. The molecule has 0 aliphatic rings. The third-order valence-corrected chi connectivity index (χ3v) is 3.78. The highest BCUT2D eigenvalue weighted by molar-refractivity contribution is 7.99. The molecule has 0 radical (unpaired) electrons. The van der Waals surface area contributed by atoms with E-state index in [2.05, 4.69) is 15.2 Å². The number of carbonyl (C=O) groups excluding carboxylic acids is 1. The monoisotopic (exact) mass is 274 g/mol. The number of anilines is 1. The van der Waals surface area contributed by atoms with E-state index in [1.165, 1.54) is 23.1 Å². The molecule has 8 heteroatoms. The lowest BCUT2D eigenvalue weighted by atomic mass is 10.4. The molecule has 0 spiro atoms. The number of thiophene rings is 1. The lowest BCUT2D eigenvalue weighted by molar-refractivity contribution is 0.102. The molecule has 0 atom stereocenters. The number of hydrogen-bond donors (Lipinski definition) is 2. The predicted molar refractivity (Wildman–Crippen MR) is 65.2 cm³/mol. The van der Waals surface area contributed by atoms with Crippen molar-refractivity contribution in [3.05, 3.63) is 21.3 Å². The van der Waals surface area contributed by atoms with Crippen LogP contribution in [0.3, 0.4) is 0 Å². The molecule has 2 rings (SSSR count). The summed E-state index contributed by atoms with van der Waals surface area (Å²) in [5.41, 5.74) is 5.36. The summed E-state index contributed by atoms with van der Waals surface area (Å²) in [6, 6.07) is 3.41. The van der Waals surface area contributed by atoms with Crippen molar-refractivity contribution >= 4 is 46.4 Å². The molecule has 0 amide bonds. The second kappa shape index (κ2) is 4.86. The van der Waals surface area contributed by atoms with Crippen LogP contribution in [0.25, 0.3) is 0 Å². The molecular formula is C8H7ClN4OS2. The number of thioether (sulfide) groups is 1. The second-order valence-corrected chi connectivity index (χ2v) is 5.48. The number of H-pyrrole nitrogens is 1. The number of nitrogens with one attached hydrogen (secondary N) is 1. The molecule has 2 heterocycles. The maximum atomic E-state index is 11.7. The summed E-state index contributed by atoms with van der Waals surface area (Å²) >= 11 is 8.24. The van der Waals surface area contributed by atoms with E-state index in [4.69, 9.17) is 17.3 Å². The van der Waals surface area contributed by atoms with Gasteiger partial charge in [0, 0.05) is 0 Å². The van der Waals surface area contributed by atoms with Crippen LogP contribution < -0.4 is 5.73 Å². The minimum absolute atomic E-state index is 0.00488. The number of ketones is 1. The van der Waals surface area contributed by atoms with Crippen LogP contribution in [0.2, 0.25) is 4.34 Å². The fourth-order valence-electron chi connectivity index (χ4n) is 0.988. The largest absolute Gasteiger partial charge is 0.368 e. The first-order valence-corrected chi connectivity index (χ1v) is 6.42. The van der Waals surface area contributed by atoms with Crippen molar-refractivity contribution < 1.29 is 4.79 Å². The summed E-state index contributed by atoms with van der Waals surface area (Å²) in [5, 5.41) is 6.78. The standard InChI is InChI=1S/C8H7ClN4OS2/c9-6-2-1-5(16-6)4(14)3-15-8-11-7(10)12-13-8/h1-2H,3H2,(H3,10,11,12,13). The van der Waals surface area contributed by atoms with Gasteiger partial charge in [0.05, 0.1) is 15.0 Å². The Labute approximate surface area is 104 Å². The smallest absolute Gasteiger partial charge is 0.216 e. The number of Topliss-reactive ketones (excluding diaryl/α,β-unsaturated/α-hetero) is 1. The SMILES string of the molecule is Nc1nc(SCC(=O)c2ccc(Cl)s2)n[nH]1. The molecule has 3 N–H and O–H groups in total. The first kappa shape index (κ1) is 11.4. The van der Waals surface area contributed by atoms with Crippen LogP contribution in [0.5, 0.6) is 0 Å². The van der Waals surface area contributed by atoms with E-state index in [-0.39, 0.29) is 17.5 Å². The molecule has 0 unspecified atom stereocenters. The number of rotatable bonds is 4. The minimum atomic E-state index is 0.00488. The van der Waals surface area contributed by atoms with Gasteiger partial charge in [0.2, 0.25) is 11.1 Å². The van der Waals surface area contributed by atoms with Crippen molar-refractivity contribution in [3.8, 4) is 0 Å². The highest BCUT2D eigenvalue weighted by Crippen LogP contribution is 2.23. The van der Waals surface area contributed by atoms with E-state index in [9.17, 15) is 4.79 Å². The van der Waals surface area contributed by atoms with Gasteiger partial charge in [-0.2, -0.15) is 4.98 Å². The third-order valence-electron chi connectivity index (χ3n) is 1.66. The van der Waals surface area contributed by atoms with Gasteiger partial charge in [-0.3, -0.25) is 4.79 Å². The Morgan fingerprint density at radius 1 is 1.62 bits per heavy atom. The van der Waals surface area contributed by atoms with E-state index in [1.54, 1.807) is 12.1 Å². The van der Waals surface area contributed by atoms with Crippen LogP contribution in [0.15, 0.2) is 17.3 Å². The van der Waals surface area contributed by atoms with Gasteiger partial charge in [-0.05, 0) is 12.1 Å². The van der Waals surface area contributed by atoms with Crippen molar-refractivity contribution in [2.45, 2.75) is 5.16 Å². The zero-order valence-electron chi connectivity index (χ0n) is 7.94. The summed E-state index contributed by atoms with van der Waals surface area (Å²) in [4.78, 5) is 16.2. The fourth-order valence-corrected chi connectivity index (χ4v) is 2.75. The molecule has 2 aromatic rings. The Bertz CT molecular complexity index is 510. The molecule has 0 fully saturated rings. The lowest BCUT2D eigenvalue weighted by Crippen LogP contribution is -1.99. The maximum Gasteiger partial charge on any atom is 0.216 e. The van der Waals surface area contributed by atoms with Gasteiger partial charge in [-0.1, -0.05) is 23.4 Å². The van der Waals surface area contributed by atoms with E-state index in [1.807, 2.05) is 0 Å². The molecule has 16 heavy (non-hydrogen) atoms. The van der Waals surface area contributed by atoms with Crippen molar-refractivity contribution in [1.82, 2.24) is 15.2 Å². The van der Waals surface area contributed by atoms with Crippen LogP contribution in [-0.4, -0.2) is 26.7 Å². The highest BCUT2D eigenvalue weighted by Gasteiger charge is 2.11. The topological polar surface area (TPSA) is 84.7 Å². The van der Waals surface area contributed by atoms with Gasteiger partial charge in [0.15, 0.2) is 5.78 Å². The number of aromatic amines is 1. The Hall–Kier alpha value is -1.05. The van der Waals surface area contributed by atoms with Crippen LogP contribution in [0.4, 0.5) is 5.95 Å². The van der Waals surface area contributed by atoms with E-state index in [0.29, 0.717) is 14.4 Å². The van der Waals surface area contributed by atoms with Gasteiger partial charge >= 0.3 is 0 Å². The zero-order valence-corrected chi connectivity index (χ0v) is 10.3. The Balaban J connectivity index is 1.93. The normalized spacial score (nSPS) is 10.6. The first-order chi connectivity index (χ1) is 7.65. The molecule has 0 aromatic carbocycles. The third kappa shape index (κ3) is 2.75. The zero-order chi connectivity index (χ0) is 11.5. The molecule has 0 aliphatic heterocycles. The van der Waals surface area contributed by atoms with Crippen molar-refractivity contribution in [2.75, 3.05) is 11.5 Å². The molecular weight excluding hydrogens is 268 g/mol. The molecule has 2 aromatic heterocycles. The highest BCUT2D eigenvalue weighted by atomic mass is 35.5. The van der Waals surface area contributed by atoms with Gasteiger partial charge < -0.3 is 5.73 Å². The minimum Gasteiger partial charge on any atom is -0.368 e. The van der Waals surface area contributed by atoms with Gasteiger partial charge in [0.25, 0.3) is 0 Å². The number of nitrogens with two attached hydrogens (primary N) is 1. The van der Waals surface area contributed by atoms with Crippen molar-refractivity contribution in [3.63, 3.8) is 0 Å². The first-order valence-electron chi connectivity index (χ1n) is 4.24. The molecule has 5 nitrogen and oxygen atoms in total. The second-order valence-electron chi connectivity index (χ2n) is 2.82. The molecule has 84 valence electrons. The lowest BCUT2D eigenvalue weighted by Gasteiger charge is -1.93.